The second kappa shape index (κ2) is 15.1. The Balaban J connectivity index is 1.02. The fraction of sp³-hybridized carbons (Fsp3) is 0.400. The molecule has 0 spiro atoms. The number of rotatable bonds is 11. The summed E-state index contributed by atoms with van der Waals surface area (Å²) in [6, 6.07) is 9.75. The minimum absolute atomic E-state index is 0.000300. The van der Waals surface area contributed by atoms with Crippen LogP contribution in [0.15, 0.2) is 53.6 Å². The van der Waals surface area contributed by atoms with Crippen molar-refractivity contribution in [2.75, 3.05) is 66.0 Å². The Kier molecular flexibility index (Phi) is 10.3. The molecule has 7 rings (SSSR count). The normalized spacial score (nSPS) is 18.4. The van der Waals surface area contributed by atoms with Crippen molar-refractivity contribution in [3.63, 3.8) is 0 Å². The first kappa shape index (κ1) is 37.5. The average Bonchev–Trinajstić information content (AvgIpc) is 3.44. The lowest BCUT2D eigenvalue weighted by Crippen LogP contribution is -2.54. The number of amides is 4. The standard InChI is InChI=1S/C40H45N7O8/c1-23(22-55-31-9-7-8-25-36(31)40(52)47(39(25)51)30-10-11-35(48)42-37(30)49)46-14-12-45(13-15-46)21-29-32(53-5)16-24(17-33(29)54-6)28-20-44(4)38(50)27-19-41-34(43(2)3)18-26(27)28/h7-9,16-20,23,30H,10-15,21-22H2,1-6H3,(H,42,48,49). The van der Waals surface area contributed by atoms with Crippen LogP contribution in [0.1, 0.15) is 46.0 Å². The molecule has 4 aromatic rings. The first-order valence-corrected chi connectivity index (χ1v) is 18.3. The highest BCUT2D eigenvalue weighted by molar-refractivity contribution is 6.24. The second-order valence-electron chi connectivity index (χ2n) is 14.4. The van der Waals surface area contributed by atoms with Gasteiger partial charge in [-0.3, -0.25) is 44.0 Å². The molecule has 3 aliphatic heterocycles. The second-order valence-corrected chi connectivity index (χ2v) is 14.4. The molecule has 2 atom stereocenters. The van der Waals surface area contributed by atoms with Gasteiger partial charge >= 0.3 is 0 Å². The van der Waals surface area contributed by atoms with Gasteiger partial charge in [0.2, 0.25) is 11.8 Å². The van der Waals surface area contributed by atoms with Crippen LogP contribution in [0.5, 0.6) is 17.2 Å². The van der Waals surface area contributed by atoms with Crippen molar-refractivity contribution in [3.05, 3.63) is 75.8 Å². The topological polar surface area (TPSA) is 156 Å². The zero-order valence-corrected chi connectivity index (χ0v) is 31.9. The van der Waals surface area contributed by atoms with Crippen LogP contribution in [0.25, 0.3) is 21.9 Å². The van der Waals surface area contributed by atoms with E-state index in [2.05, 4.69) is 27.0 Å². The zero-order valence-electron chi connectivity index (χ0n) is 31.9. The Morgan fingerprint density at radius 3 is 2.27 bits per heavy atom. The van der Waals surface area contributed by atoms with Crippen molar-refractivity contribution >= 4 is 40.2 Å². The van der Waals surface area contributed by atoms with Gasteiger partial charge in [0.25, 0.3) is 17.4 Å². The summed E-state index contributed by atoms with van der Waals surface area (Å²) in [7, 11) is 8.84. The van der Waals surface area contributed by atoms with Gasteiger partial charge in [-0.25, -0.2) is 4.98 Å². The van der Waals surface area contributed by atoms with Gasteiger partial charge in [0.1, 0.15) is 35.7 Å². The summed E-state index contributed by atoms with van der Waals surface area (Å²) in [6.45, 7) is 6.04. The van der Waals surface area contributed by atoms with E-state index in [1.54, 1.807) is 50.2 Å². The van der Waals surface area contributed by atoms with E-state index >= 15 is 0 Å². The number of aryl methyl sites for hydroxylation is 1. The van der Waals surface area contributed by atoms with E-state index < -0.39 is 29.7 Å². The molecule has 0 radical (unpaired) electrons. The fourth-order valence-corrected chi connectivity index (χ4v) is 7.63. The van der Waals surface area contributed by atoms with Crippen LogP contribution in [0.4, 0.5) is 5.82 Å². The summed E-state index contributed by atoms with van der Waals surface area (Å²) in [5.74, 6) is 0.166. The van der Waals surface area contributed by atoms with Gasteiger partial charge in [-0.05, 0) is 49.2 Å². The number of methoxy groups -OCH3 is 2. The first-order chi connectivity index (χ1) is 26.4. The number of pyridine rings is 2. The van der Waals surface area contributed by atoms with Crippen LogP contribution < -0.4 is 30.0 Å². The number of carbonyl (C=O) groups is 4. The zero-order chi connectivity index (χ0) is 39.1. The molecule has 3 aliphatic rings. The van der Waals surface area contributed by atoms with Crippen molar-refractivity contribution in [3.8, 4) is 28.4 Å². The Hall–Kier alpha value is -5.80. The van der Waals surface area contributed by atoms with E-state index in [0.717, 1.165) is 59.0 Å². The Labute approximate surface area is 318 Å². The Bertz CT molecular complexity index is 2240. The number of piperidine rings is 1. The molecular formula is C40H45N7O8. The van der Waals surface area contributed by atoms with Gasteiger partial charge in [0.05, 0.1) is 36.3 Å². The molecule has 0 saturated carbocycles. The number of hydrogen-bond donors (Lipinski definition) is 1. The summed E-state index contributed by atoms with van der Waals surface area (Å²) in [5, 5.41) is 3.54. The fourth-order valence-electron chi connectivity index (χ4n) is 7.63. The van der Waals surface area contributed by atoms with Crippen molar-refractivity contribution in [1.29, 1.82) is 0 Å². The van der Waals surface area contributed by atoms with E-state index in [1.807, 2.05) is 43.4 Å². The largest absolute Gasteiger partial charge is 0.496 e. The molecule has 2 aromatic heterocycles. The third kappa shape index (κ3) is 7.00. The molecule has 5 heterocycles. The third-order valence-electron chi connectivity index (χ3n) is 10.8. The number of aromatic nitrogens is 2. The number of benzene rings is 2. The molecule has 15 nitrogen and oxygen atoms in total. The predicted molar refractivity (Wildman–Crippen MR) is 205 cm³/mol. The molecule has 0 aliphatic carbocycles. The van der Waals surface area contributed by atoms with Crippen molar-refractivity contribution in [2.45, 2.75) is 38.4 Å². The molecule has 2 unspecified atom stereocenters. The highest BCUT2D eigenvalue weighted by Gasteiger charge is 2.46. The quantitative estimate of drug-likeness (QED) is 0.224. The molecule has 2 fully saturated rings. The predicted octanol–water partition coefficient (Wildman–Crippen LogP) is 2.67. The Morgan fingerprint density at radius 1 is 0.909 bits per heavy atom. The van der Waals surface area contributed by atoms with Crippen LogP contribution in [-0.2, 0) is 23.2 Å². The average molecular weight is 752 g/mol. The van der Waals surface area contributed by atoms with Crippen LogP contribution >= 0.6 is 0 Å². The lowest BCUT2D eigenvalue weighted by atomic mass is 9.98. The van der Waals surface area contributed by atoms with E-state index in [9.17, 15) is 24.0 Å². The van der Waals surface area contributed by atoms with Gasteiger partial charge in [0.15, 0.2) is 0 Å². The van der Waals surface area contributed by atoms with E-state index in [1.165, 1.54) is 0 Å². The van der Waals surface area contributed by atoms with Crippen molar-refractivity contribution in [2.24, 2.45) is 7.05 Å². The number of nitrogens with zero attached hydrogens (tertiary/aromatic N) is 6. The van der Waals surface area contributed by atoms with Gasteiger partial charge < -0.3 is 23.7 Å². The van der Waals surface area contributed by atoms with Gasteiger partial charge in [0, 0.05) is 89.7 Å². The summed E-state index contributed by atoms with van der Waals surface area (Å²) in [5.41, 5.74) is 2.84. The molecule has 288 valence electrons. The van der Waals surface area contributed by atoms with Crippen LogP contribution in [0, 0.1) is 0 Å². The maximum Gasteiger partial charge on any atom is 0.266 e. The van der Waals surface area contributed by atoms with Gasteiger partial charge in [-0.15, -0.1) is 0 Å². The van der Waals surface area contributed by atoms with E-state index in [4.69, 9.17) is 14.2 Å². The summed E-state index contributed by atoms with van der Waals surface area (Å²) in [4.78, 5) is 75.9. The lowest BCUT2D eigenvalue weighted by Gasteiger charge is -2.38. The minimum Gasteiger partial charge on any atom is -0.496 e. The van der Waals surface area contributed by atoms with E-state index in [0.29, 0.717) is 29.2 Å². The Morgan fingerprint density at radius 2 is 1.62 bits per heavy atom. The number of ether oxygens (including phenoxy) is 3. The van der Waals surface area contributed by atoms with Gasteiger partial charge in [-0.1, -0.05) is 6.07 Å². The van der Waals surface area contributed by atoms with Crippen LogP contribution in [0.2, 0.25) is 0 Å². The first-order valence-electron chi connectivity index (χ1n) is 18.3. The minimum atomic E-state index is -1.04. The molecule has 4 amide bonds. The number of imide groups is 2. The molecular weight excluding hydrogens is 706 g/mol. The van der Waals surface area contributed by atoms with Crippen LogP contribution in [-0.4, -0.2) is 121 Å². The van der Waals surface area contributed by atoms with Gasteiger partial charge in [-0.2, -0.15) is 0 Å². The summed E-state index contributed by atoms with van der Waals surface area (Å²) < 4.78 is 19.6. The maximum absolute atomic E-state index is 13.5. The number of anilines is 1. The third-order valence-corrected chi connectivity index (χ3v) is 10.8. The van der Waals surface area contributed by atoms with Crippen LogP contribution in [0.3, 0.4) is 0 Å². The number of carbonyl (C=O) groups excluding carboxylic acids is 4. The molecule has 55 heavy (non-hydrogen) atoms. The lowest BCUT2D eigenvalue weighted by molar-refractivity contribution is -0.136. The SMILES string of the molecule is COc1cc(-c2cn(C)c(=O)c3cnc(N(C)C)cc23)cc(OC)c1CN1CCN(C(C)COc2cccc3c2C(=O)N(C2CCC(=O)NC2=O)C3=O)CC1. The highest BCUT2D eigenvalue weighted by atomic mass is 16.5. The number of hydrogen-bond acceptors (Lipinski definition) is 12. The molecule has 2 saturated heterocycles. The molecule has 15 heteroatoms. The van der Waals surface area contributed by atoms with E-state index in [-0.39, 0.29) is 42.2 Å². The number of fused-ring (bicyclic) bond motifs is 2. The van der Waals surface area contributed by atoms with Crippen molar-refractivity contribution in [1.82, 2.24) is 29.6 Å². The maximum atomic E-state index is 13.5. The summed E-state index contributed by atoms with van der Waals surface area (Å²) in [6.07, 6.45) is 3.60. The molecule has 0 bridgehead atoms. The summed E-state index contributed by atoms with van der Waals surface area (Å²) >= 11 is 0. The smallest absolute Gasteiger partial charge is 0.266 e. The number of nitrogens with one attached hydrogen (secondary N) is 1. The van der Waals surface area contributed by atoms with Crippen molar-refractivity contribution < 1.29 is 33.4 Å². The number of piperazine rings is 1. The molecule has 2 aromatic carbocycles. The highest BCUT2D eigenvalue weighted by Crippen LogP contribution is 2.39. The molecule has 1 N–H and O–H groups in total. The monoisotopic (exact) mass is 751 g/mol.